The van der Waals surface area contributed by atoms with Crippen molar-refractivity contribution in [3.8, 4) is 5.75 Å². The van der Waals surface area contributed by atoms with Crippen LogP contribution in [0.25, 0.3) is 0 Å². The summed E-state index contributed by atoms with van der Waals surface area (Å²) < 4.78 is 7.70. The summed E-state index contributed by atoms with van der Waals surface area (Å²) >= 11 is 0. The third-order valence-corrected chi connectivity index (χ3v) is 6.83. The van der Waals surface area contributed by atoms with Gasteiger partial charge >= 0.3 is 0 Å². The lowest BCUT2D eigenvalue weighted by Crippen LogP contribution is -2.49. The van der Waals surface area contributed by atoms with Crippen LogP contribution in [-0.4, -0.2) is 53.6 Å². The van der Waals surface area contributed by atoms with Crippen LogP contribution in [0.4, 0.5) is 5.69 Å². The number of amides is 1. The zero-order valence-electron chi connectivity index (χ0n) is 18.8. The predicted octanol–water partition coefficient (Wildman–Crippen LogP) is 3.89. The van der Waals surface area contributed by atoms with Crippen LogP contribution in [0.15, 0.2) is 54.7 Å². The first-order chi connectivity index (χ1) is 15.6. The molecule has 166 valence electrons. The molecule has 6 nitrogen and oxygen atoms in total. The number of hydrogen-bond donors (Lipinski definition) is 0. The highest BCUT2D eigenvalue weighted by Gasteiger charge is 2.28. The Morgan fingerprint density at radius 1 is 1.03 bits per heavy atom. The van der Waals surface area contributed by atoms with Gasteiger partial charge in [-0.15, -0.1) is 0 Å². The lowest BCUT2D eigenvalue weighted by molar-refractivity contribution is 0.0741. The Morgan fingerprint density at radius 3 is 2.56 bits per heavy atom. The topological polar surface area (TPSA) is 50.6 Å². The number of nitrogens with zero attached hydrogens (tertiary/aromatic N) is 4. The van der Waals surface area contributed by atoms with Crippen molar-refractivity contribution in [3.63, 3.8) is 0 Å². The molecule has 6 heteroatoms. The van der Waals surface area contributed by atoms with Crippen molar-refractivity contribution in [2.24, 2.45) is 0 Å². The molecule has 3 heterocycles. The second-order valence-corrected chi connectivity index (χ2v) is 8.74. The molecule has 0 N–H and O–H groups in total. The van der Waals surface area contributed by atoms with Crippen molar-refractivity contribution in [1.29, 1.82) is 0 Å². The van der Waals surface area contributed by atoms with Crippen LogP contribution in [0.5, 0.6) is 5.75 Å². The Morgan fingerprint density at radius 2 is 1.78 bits per heavy atom. The molecular formula is C26H30N4O2. The van der Waals surface area contributed by atoms with E-state index in [1.165, 1.54) is 11.1 Å². The van der Waals surface area contributed by atoms with Gasteiger partial charge in [-0.2, -0.15) is 0 Å². The summed E-state index contributed by atoms with van der Waals surface area (Å²) in [5.41, 5.74) is 4.41. The average molecular weight is 431 g/mol. The molecule has 0 aliphatic carbocycles. The van der Waals surface area contributed by atoms with E-state index in [1.54, 1.807) is 7.11 Å². The predicted molar refractivity (Wildman–Crippen MR) is 126 cm³/mol. The van der Waals surface area contributed by atoms with Crippen LogP contribution in [-0.2, 0) is 13.0 Å². The maximum Gasteiger partial charge on any atom is 0.274 e. The number of benzene rings is 2. The molecule has 1 amide bonds. The molecule has 2 aliphatic heterocycles. The molecule has 1 saturated heterocycles. The lowest BCUT2D eigenvalue weighted by atomic mass is 9.89. The van der Waals surface area contributed by atoms with Crippen molar-refractivity contribution in [3.05, 3.63) is 77.4 Å². The van der Waals surface area contributed by atoms with Crippen molar-refractivity contribution in [2.45, 2.75) is 32.2 Å². The van der Waals surface area contributed by atoms with E-state index in [0.717, 1.165) is 49.7 Å². The monoisotopic (exact) mass is 430 g/mol. The van der Waals surface area contributed by atoms with Gasteiger partial charge in [-0.3, -0.25) is 4.79 Å². The molecule has 5 rings (SSSR count). The summed E-state index contributed by atoms with van der Waals surface area (Å²) in [7, 11) is 1.70. The Bertz CT molecular complexity index is 1110. The van der Waals surface area contributed by atoms with Gasteiger partial charge in [0.05, 0.1) is 12.8 Å². The van der Waals surface area contributed by atoms with Gasteiger partial charge in [-0.05, 0) is 36.6 Å². The van der Waals surface area contributed by atoms with E-state index >= 15 is 0 Å². The number of carbonyl (C=O) groups excluding carboxylic acids is 1. The number of aryl methyl sites for hydroxylation is 2. The van der Waals surface area contributed by atoms with Crippen LogP contribution in [0.2, 0.25) is 0 Å². The highest BCUT2D eigenvalue weighted by Crippen LogP contribution is 2.31. The van der Waals surface area contributed by atoms with Gasteiger partial charge < -0.3 is 19.1 Å². The fraction of sp³-hybridized carbons (Fsp3) is 0.385. The summed E-state index contributed by atoms with van der Waals surface area (Å²) in [5, 5.41) is 0. The van der Waals surface area contributed by atoms with Gasteiger partial charge in [0.15, 0.2) is 0 Å². The molecule has 1 aromatic heterocycles. The fourth-order valence-corrected chi connectivity index (χ4v) is 5.05. The highest BCUT2D eigenvalue weighted by atomic mass is 16.5. The molecule has 2 aliphatic rings. The van der Waals surface area contributed by atoms with Crippen LogP contribution in [0.1, 0.15) is 39.8 Å². The minimum atomic E-state index is 0.0408. The molecule has 1 atom stereocenters. The summed E-state index contributed by atoms with van der Waals surface area (Å²) in [6.07, 6.45) is 3.95. The summed E-state index contributed by atoms with van der Waals surface area (Å²) in [6, 6.07) is 16.7. The zero-order chi connectivity index (χ0) is 22.1. The minimum Gasteiger partial charge on any atom is -0.495 e. The maximum atomic E-state index is 13.2. The Kier molecular flexibility index (Phi) is 5.60. The van der Waals surface area contributed by atoms with Crippen LogP contribution < -0.4 is 9.64 Å². The summed E-state index contributed by atoms with van der Waals surface area (Å²) in [5.74, 6) is 2.42. The lowest BCUT2D eigenvalue weighted by Gasteiger charge is -2.36. The van der Waals surface area contributed by atoms with Crippen molar-refractivity contribution >= 4 is 11.6 Å². The number of methoxy groups -OCH3 is 1. The largest absolute Gasteiger partial charge is 0.495 e. The quantitative estimate of drug-likeness (QED) is 0.630. The van der Waals surface area contributed by atoms with Gasteiger partial charge in [0, 0.05) is 51.3 Å². The van der Waals surface area contributed by atoms with E-state index in [1.807, 2.05) is 29.3 Å². The van der Waals surface area contributed by atoms with Crippen LogP contribution >= 0.6 is 0 Å². The van der Waals surface area contributed by atoms with Crippen molar-refractivity contribution in [2.75, 3.05) is 38.2 Å². The number of ether oxygens (including phenoxy) is 1. The van der Waals surface area contributed by atoms with E-state index in [2.05, 4.69) is 46.7 Å². The Balaban J connectivity index is 1.25. The van der Waals surface area contributed by atoms with Crippen LogP contribution in [0, 0.1) is 6.92 Å². The number of imidazole rings is 1. The van der Waals surface area contributed by atoms with Gasteiger partial charge in [0.1, 0.15) is 17.3 Å². The number of rotatable bonds is 4. The highest BCUT2D eigenvalue weighted by molar-refractivity contribution is 5.92. The number of aromatic nitrogens is 2. The van der Waals surface area contributed by atoms with Gasteiger partial charge in [-0.1, -0.05) is 36.4 Å². The molecule has 0 bridgehead atoms. The van der Waals surface area contributed by atoms with E-state index < -0.39 is 0 Å². The van der Waals surface area contributed by atoms with Crippen molar-refractivity contribution < 1.29 is 9.53 Å². The summed E-state index contributed by atoms with van der Waals surface area (Å²) in [6.45, 7) is 6.01. The van der Waals surface area contributed by atoms with E-state index in [-0.39, 0.29) is 5.91 Å². The SMILES string of the molecule is COc1ccccc1N1CCN(C(=O)c2cn3c(n2)CC[C@H](c2ccccc2C)C3)CC1. The molecule has 32 heavy (non-hydrogen) atoms. The number of carbonyl (C=O) groups is 1. The third kappa shape index (κ3) is 3.85. The normalized spacial score (nSPS) is 18.4. The van der Waals surface area contributed by atoms with E-state index in [9.17, 15) is 4.79 Å². The molecule has 0 spiro atoms. The minimum absolute atomic E-state index is 0.0408. The second kappa shape index (κ2) is 8.69. The first-order valence-corrected chi connectivity index (χ1v) is 11.4. The zero-order valence-corrected chi connectivity index (χ0v) is 18.8. The maximum absolute atomic E-state index is 13.2. The van der Waals surface area contributed by atoms with E-state index in [0.29, 0.717) is 24.7 Å². The summed E-state index contributed by atoms with van der Waals surface area (Å²) in [4.78, 5) is 22.1. The van der Waals surface area contributed by atoms with Gasteiger partial charge in [0.25, 0.3) is 5.91 Å². The van der Waals surface area contributed by atoms with E-state index in [4.69, 9.17) is 9.72 Å². The number of anilines is 1. The number of para-hydroxylation sites is 2. The van der Waals surface area contributed by atoms with Crippen LogP contribution in [0.3, 0.4) is 0 Å². The molecule has 0 radical (unpaired) electrons. The number of fused-ring (bicyclic) bond motifs is 1. The van der Waals surface area contributed by atoms with Crippen molar-refractivity contribution in [1.82, 2.24) is 14.5 Å². The molecular weight excluding hydrogens is 400 g/mol. The Hall–Kier alpha value is -3.28. The molecule has 0 unspecified atom stereocenters. The Labute approximate surface area is 189 Å². The smallest absolute Gasteiger partial charge is 0.274 e. The first kappa shape index (κ1) is 20.6. The first-order valence-electron chi connectivity index (χ1n) is 11.4. The standard InChI is InChI=1S/C26H30N4O2/c1-19-7-3-4-8-21(19)20-11-12-25-27-22(18-30(25)17-20)26(31)29-15-13-28(14-16-29)23-9-5-6-10-24(23)32-2/h3-10,18,20H,11-17H2,1-2H3/t20-/m0/s1. The molecule has 0 saturated carbocycles. The third-order valence-electron chi connectivity index (χ3n) is 6.83. The number of piperazine rings is 1. The molecule has 1 fully saturated rings. The fourth-order valence-electron chi connectivity index (χ4n) is 5.05. The molecule has 3 aromatic rings. The molecule has 2 aromatic carbocycles. The van der Waals surface area contributed by atoms with Gasteiger partial charge in [-0.25, -0.2) is 4.98 Å². The number of hydrogen-bond acceptors (Lipinski definition) is 4. The van der Waals surface area contributed by atoms with Gasteiger partial charge in [0.2, 0.25) is 0 Å². The average Bonchev–Trinajstić information content (AvgIpc) is 3.27. The second-order valence-electron chi connectivity index (χ2n) is 8.74.